The van der Waals surface area contributed by atoms with Crippen LogP contribution >= 0.6 is 0 Å². The number of nitrogens with one attached hydrogen (secondary N) is 1. The molecule has 0 aliphatic carbocycles. The van der Waals surface area contributed by atoms with Gasteiger partial charge in [0.1, 0.15) is 6.10 Å². The Morgan fingerprint density at radius 1 is 1.46 bits per heavy atom. The van der Waals surface area contributed by atoms with Gasteiger partial charge in [-0.05, 0) is 6.07 Å². The second-order valence-electron chi connectivity index (χ2n) is 6.76. The van der Waals surface area contributed by atoms with E-state index >= 15 is 0 Å². The van der Waals surface area contributed by atoms with Gasteiger partial charge >= 0.3 is 0 Å². The number of aromatic amines is 1. The van der Waals surface area contributed by atoms with Crippen molar-refractivity contribution in [3.63, 3.8) is 0 Å². The average molecular weight is 333 g/mol. The molecule has 3 heterocycles. The van der Waals surface area contributed by atoms with Crippen LogP contribution in [0.1, 0.15) is 48.9 Å². The topological polar surface area (TPSA) is 84.0 Å². The Morgan fingerprint density at radius 2 is 2.25 bits per heavy atom. The minimum Gasteiger partial charge on any atom is -0.367 e. The van der Waals surface area contributed by atoms with Gasteiger partial charge in [-0.3, -0.25) is 14.9 Å². The van der Waals surface area contributed by atoms with Gasteiger partial charge in [-0.1, -0.05) is 20.8 Å². The first-order valence-electron chi connectivity index (χ1n) is 7.79. The Morgan fingerprint density at radius 3 is 2.92 bits per heavy atom. The highest BCUT2D eigenvalue weighted by atomic mass is 19.1. The second kappa shape index (κ2) is 6.27. The zero-order valence-corrected chi connectivity index (χ0v) is 13.9. The predicted octanol–water partition coefficient (Wildman–Crippen LogP) is 1.85. The second-order valence-corrected chi connectivity index (χ2v) is 6.76. The number of hydrogen-bond acceptors (Lipinski definition) is 5. The predicted molar refractivity (Wildman–Crippen MR) is 83.9 cm³/mol. The fraction of sp³-hybridized carbons (Fsp3) is 0.500. The van der Waals surface area contributed by atoms with E-state index in [-0.39, 0.29) is 16.9 Å². The number of hydrogen-bond donors (Lipinski definition) is 1. The molecule has 7 nitrogen and oxygen atoms in total. The van der Waals surface area contributed by atoms with E-state index < -0.39 is 11.9 Å². The molecule has 1 atom stereocenters. The zero-order chi connectivity index (χ0) is 17.3. The lowest BCUT2D eigenvalue weighted by atomic mass is 9.96. The normalized spacial score (nSPS) is 18.7. The number of pyridine rings is 1. The van der Waals surface area contributed by atoms with Crippen molar-refractivity contribution in [2.75, 3.05) is 19.7 Å². The first-order valence-corrected chi connectivity index (χ1v) is 7.79. The van der Waals surface area contributed by atoms with Crippen molar-refractivity contribution in [1.82, 2.24) is 25.1 Å². The average Bonchev–Trinajstić information content (AvgIpc) is 3.05. The summed E-state index contributed by atoms with van der Waals surface area (Å²) in [4.78, 5) is 22.2. The van der Waals surface area contributed by atoms with Gasteiger partial charge < -0.3 is 9.64 Å². The van der Waals surface area contributed by atoms with Gasteiger partial charge in [0.25, 0.3) is 5.91 Å². The highest BCUT2D eigenvalue weighted by Gasteiger charge is 2.30. The standard InChI is InChI=1S/C16H20FN5O2/c1-16(2,3)15-19-13(20-21-15)12-9-22(6-7-24-12)14(23)10-4-5-18-8-11(10)17/h4-5,8,12H,6-7,9H2,1-3H3,(H,19,20,21)/t12-/m1/s1. The molecule has 1 amide bonds. The van der Waals surface area contributed by atoms with Crippen molar-refractivity contribution >= 4 is 5.91 Å². The molecule has 2 aromatic heterocycles. The fourth-order valence-electron chi connectivity index (χ4n) is 2.47. The van der Waals surface area contributed by atoms with E-state index in [1.807, 2.05) is 20.8 Å². The number of morpholine rings is 1. The Bertz CT molecular complexity index is 740. The molecule has 2 aromatic rings. The summed E-state index contributed by atoms with van der Waals surface area (Å²) in [6, 6.07) is 1.38. The molecule has 128 valence electrons. The summed E-state index contributed by atoms with van der Waals surface area (Å²) in [6.45, 7) is 7.10. The molecule has 0 saturated carbocycles. The Kier molecular flexibility index (Phi) is 4.31. The number of nitrogens with zero attached hydrogens (tertiary/aromatic N) is 4. The van der Waals surface area contributed by atoms with Gasteiger partial charge in [-0.15, -0.1) is 0 Å². The van der Waals surface area contributed by atoms with Crippen LogP contribution in [0.4, 0.5) is 4.39 Å². The van der Waals surface area contributed by atoms with E-state index in [1.54, 1.807) is 4.90 Å². The van der Waals surface area contributed by atoms with Crippen LogP contribution in [0.15, 0.2) is 18.5 Å². The van der Waals surface area contributed by atoms with Gasteiger partial charge in [0, 0.05) is 18.2 Å². The van der Waals surface area contributed by atoms with Crippen LogP contribution in [0.3, 0.4) is 0 Å². The molecule has 3 rings (SSSR count). The summed E-state index contributed by atoms with van der Waals surface area (Å²) in [5, 5.41) is 7.10. The van der Waals surface area contributed by atoms with Crippen molar-refractivity contribution in [3.05, 3.63) is 41.5 Å². The van der Waals surface area contributed by atoms with E-state index in [0.717, 1.165) is 6.20 Å². The highest BCUT2D eigenvalue weighted by molar-refractivity contribution is 5.94. The molecule has 1 aliphatic rings. The van der Waals surface area contributed by atoms with Crippen molar-refractivity contribution in [3.8, 4) is 0 Å². The van der Waals surface area contributed by atoms with E-state index in [4.69, 9.17) is 4.74 Å². The molecular formula is C16H20FN5O2. The van der Waals surface area contributed by atoms with Crippen LogP contribution in [0.2, 0.25) is 0 Å². The highest BCUT2D eigenvalue weighted by Crippen LogP contribution is 2.24. The lowest BCUT2D eigenvalue weighted by Gasteiger charge is -2.32. The Labute approximate surface area is 139 Å². The van der Waals surface area contributed by atoms with E-state index in [2.05, 4.69) is 20.2 Å². The first-order chi connectivity index (χ1) is 11.4. The van der Waals surface area contributed by atoms with Crippen LogP contribution in [-0.4, -0.2) is 50.7 Å². The Balaban J connectivity index is 1.76. The molecule has 0 radical (unpaired) electrons. The van der Waals surface area contributed by atoms with Gasteiger partial charge in [-0.25, -0.2) is 9.37 Å². The largest absolute Gasteiger partial charge is 0.367 e. The molecule has 1 fully saturated rings. The smallest absolute Gasteiger partial charge is 0.257 e. The van der Waals surface area contributed by atoms with Gasteiger partial charge in [0.05, 0.1) is 24.9 Å². The number of amides is 1. The first kappa shape index (κ1) is 16.5. The maximum absolute atomic E-state index is 13.8. The number of halogens is 1. The number of aromatic nitrogens is 4. The number of H-pyrrole nitrogens is 1. The number of rotatable bonds is 2. The van der Waals surface area contributed by atoms with Gasteiger partial charge in [0.15, 0.2) is 17.5 Å². The quantitative estimate of drug-likeness (QED) is 0.907. The third kappa shape index (κ3) is 3.28. The fourth-order valence-corrected chi connectivity index (χ4v) is 2.47. The summed E-state index contributed by atoms with van der Waals surface area (Å²) in [5.74, 6) is 0.260. The van der Waals surface area contributed by atoms with Crippen LogP contribution in [0.5, 0.6) is 0 Å². The van der Waals surface area contributed by atoms with Crippen molar-refractivity contribution in [1.29, 1.82) is 0 Å². The number of carbonyl (C=O) groups excluding carboxylic acids is 1. The van der Waals surface area contributed by atoms with Crippen LogP contribution in [0.25, 0.3) is 0 Å². The maximum atomic E-state index is 13.8. The molecule has 0 spiro atoms. The lowest BCUT2D eigenvalue weighted by Crippen LogP contribution is -2.42. The minimum atomic E-state index is -0.625. The molecular weight excluding hydrogens is 313 g/mol. The SMILES string of the molecule is CC(C)(C)c1n[nH]c([C@H]2CN(C(=O)c3ccncc3F)CCO2)n1. The molecule has 1 N–H and O–H groups in total. The summed E-state index contributed by atoms with van der Waals surface area (Å²) >= 11 is 0. The summed E-state index contributed by atoms with van der Waals surface area (Å²) in [6.07, 6.45) is 2.04. The molecule has 0 unspecified atom stereocenters. The maximum Gasteiger partial charge on any atom is 0.257 e. The molecule has 24 heavy (non-hydrogen) atoms. The van der Waals surface area contributed by atoms with Crippen molar-refractivity contribution < 1.29 is 13.9 Å². The van der Waals surface area contributed by atoms with Crippen LogP contribution in [0, 0.1) is 5.82 Å². The summed E-state index contributed by atoms with van der Waals surface area (Å²) < 4.78 is 19.5. The zero-order valence-electron chi connectivity index (χ0n) is 13.9. The van der Waals surface area contributed by atoms with Gasteiger partial charge in [-0.2, -0.15) is 5.10 Å². The number of carbonyl (C=O) groups is 1. The summed E-state index contributed by atoms with van der Waals surface area (Å²) in [5.41, 5.74) is -0.169. The third-order valence-corrected chi connectivity index (χ3v) is 3.84. The van der Waals surface area contributed by atoms with Crippen molar-refractivity contribution in [2.24, 2.45) is 0 Å². The Hall–Kier alpha value is -2.35. The van der Waals surface area contributed by atoms with Crippen LogP contribution < -0.4 is 0 Å². The van der Waals surface area contributed by atoms with Crippen molar-refractivity contribution in [2.45, 2.75) is 32.3 Å². The number of ether oxygens (including phenoxy) is 1. The van der Waals surface area contributed by atoms with Gasteiger partial charge in [0.2, 0.25) is 0 Å². The molecule has 0 aromatic carbocycles. The molecule has 1 saturated heterocycles. The van der Waals surface area contributed by atoms with Crippen LogP contribution in [-0.2, 0) is 10.2 Å². The molecule has 1 aliphatic heterocycles. The summed E-state index contributed by atoms with van der Waals surface area (Å²) in [7, 11) is 0. The van der Waals surface area contributed by atoms with E-state index in [0.29, 0.717) is 31.3 Å². The molecule has 8 heteroatoms. The third-order valence-electron chi connectivity index (χ3n) is 3.84. The van der Waals surface area contributed by atoms with E-state index in [9.17, 15) is 9.18 Å². The molecule has 0 bridgehead atoms. The monoisotopic (exact) mass is 333 g/mol. The van der Waals surface area contributed by atoms with E-state index in [1.165, 1.54) is 12.3 Å². The minimum absolute atomic E-state index is 0.0126. The lowest BCUT2D eigenvalue weighted by molar-refractivity contribution is -0.0268.